The van der Waals surface area contributed by atoms with E-state index in [1.54, 1.807) is 12.1 Å². The zero-order chi connectivity index (χ0) is 13.8. The van der Waals surface area contributed by atoms with Crippen LogP contribution >= 0.6 is 0 Å². The highest BCUT2D eigenvalue weighted by Gasteiger charge is 2.22. The molecule has 0 amide bonds. The Labute approximate surface area is 108 Å². The molecule has 3 nitrogen and oxygen atoms in total. The second-order valence-electron chi connectivity index (χ2n) is 5.10. The van der Waals surface area contributed by atoms with E-state index in [1.165, 1.54) is 12.1 Å². The molecule has 100 valence electrons. The van der Waals surface area contributed by atoms with Gasteiger partial charge < -0.3 is 10.6 Å². The summed E-state index contributed by atoms with van der Waals surface area (Å²) in [4.78, 5) is 2.16. The number of hydrogen-bond acceptors (Lipinski definition) is 2. The van der Waals surface area contributed by atoms with Crippen molar-refractivity contribution in [2.45, 2.75) is 27.2 Å². The minimum Gasteiger partial charge on any atom is -0.387 e. The first-order valence-corrected chi connectivity index (χ1v) is 6.22. The van der Waals surface area contributed by atoms with Crippen LogP contribution in [0.1, 0.15) is 27.2 Å². The third-order valence-electron chi connectivity index (χ3n) is 3.31. The summed E-state index contributed by atoms with van der Waals surface area (Å²) in [6, 6.07) is 6.49. The second kappa shape index (κ2) is 5.85. The van der Waals surface area contributed by atoms with Crippen LogP contribution in [0.2, 0.25) is 0 Å². The molecule has 0 fully saturated rings. The molecule has 0 saturated carbocycles. The summed E-state index contributed by atoms with van der Waals surface area (Å²) < 4.78 is 12.9. The van der Waals surface area contributed by atoms with Crippen LogP contribution in [-0.4, -0.2) is 18.9 Å². The highest BCUT2D eigenvalue weighted by atomic mass is 19.1. The van der Waals surface area contributed by atoms with Crippen LogP contribution < -0.4 is 10.6 Å². The molecule has 0 aromatic heterocycles. The van der Waals surface area contributed by atoms with E-state index < -0.39 is 0 Å². The van der Waals surface area contributed by atoms with E-state index in [0.29, 0.717) is 0 Å². The highest BCUT2D eigenvalue weighted by molar-refractivity contribution is 5.82. The average molecular weight is 251 g/mol. The number of nitrogens with one attached hydrogen (secondary N) is 1. The highest BCUT2D eigenvalue weighted by Crippen LogP contribution is 2.22. The van der Waals surface area contributed by atoms with Crippen molar-refractivity contribution < 1.29 is 4.39 Å². The Balaban J connectivity index is 2.68. The van der Waals surface area contributed by atoms with Crippen LogP contribution in [0.25, 0.3) is 0 Å². The Morgan fingerprint density at radius 2 is 1.89 bits per heavy atom. The zero-order valence-corrected chi connectivity index (χ0v) is 11.3. The Hall–Kier alpha value is -1.58. The van der Waals surface area contributed by atoms with Crippen molar-refractivity contribution in [3.05, 3.63) is 30.1 Å². The van der Waals surface area contributed by atoms with Crippen molar-refractivity contribution in [1.82, 2.24) is 0 Å². The molecule has 4 heteroatoms. The van der Waals surface area contributed by atoms with Gasteiger partial charge in [0.2, 0.25) is 0 Å². The zero-order valence-electron chi connectivity index (χ0n) is 11.3. The number of hydrogen-bond donors (Lipinski definition) is 2. The maximum atomic E-state index is 12.9. The first-order chi connectivity index (χ1) is 8.36. The molecule has 0 aliphatic rings. The van der Waals surface area contributed by atoms with Gasteiger partial charge in [-0.25, -0.2) is 4.39 Å². The van der Waals surface area contributed by atoms with Gasteiger partial charge in [-0.2, -0.15) is 0 Å². The molecule has 3 N–H and O–H groups in total. The normalized spacial score (nSPS) is 11.3. The lowest BCUT2D eigenvalue weighted by atomic mass is 9.88. The van der Waals surface area contributed by atoms with Crippen LogP contribution in [0.3, 0.4) is 0 Å². The quantitative estimate of drug-likeness (QED) is 0.603. The number of halogens is 1. The summed E-state index contributed by atoms with van der Waals surface area (Å²) >= 11 is 0. The second-order valence-corrected chi connectivity index (χ2v) is 5.10. The molecule has 0 radical (unpaired) electrons. The van der Waals surface area contributed by atoms with E-state index in [-0.39, 0.29) is 17.1 Å². The smallest absolute Gasteiger partial charge is 0.123 e. The molecule has 1 rings (SSSR count). The minimum atomic E-state index is -0.298. The van der Waals surface area contributed by atoms with Gasteiger partial charge in [0.05, 0.1) is 5.84 Å². The van der Waals surface area contributed by atoms with Crippen LogP contribution in [-0.2, 0) is 0 Å². The number of amidine groups is 1. The number of nitrogens with zero attached hydrogens (tertiary/aromatic N) is 1. The standard InChI is InChI=1S/C14H22FN3/c1-4-18(10-9-14(2,3)13(16)17)12-7-5-11(15)6-8-12/h5-8H,4,9-10H2,1-3H3,(H3,16,17). The van der Waals surface area contributed by atoms with Gasteiger partial charge >= 0.3 is 0 Å². The Morgan fingerprint density at radius 3 is 2.33 bits per heavy atom. The molecule has 18 heavy (non-hydrogen) atoms. The minimum absolute atomic E-state index is 0.206. The van der Waals surface area contributed by atoms with Crippen LogP contribution in [0.15, 0.2) is 24.3 Å². The van der Waals surface area contributed by atoms with Gasteiger partial charge in [0, 0.05) is 24.2 Å². The van der Waals surface area contributed by atoms with Crippen molar-refractivity contribution in [3.63, 3.8) is 0 Å². The number of nitrogens with two attached hydrogens (primary N) is 1. The van der Waals surface area contributed by atoms with E-state index in [4.69, 9.17) is 11.1 Å². The van der Waals surface area contributed by atoms with Gasteiger partial charge in [-0.1, -0.05) is 13.8 Å². The van der Waals surface area contributed by atoms with Crippen LogP contribution in [0.4, 0.5) is 10.1 Å². The molecule has 0 bridgehead atoms. The van der Waals surface area contributed by atoms with Crippen molar-refractivity contribution in [1.29, 1.82) is 5.41 Å². The topological polar surface area (TPSA) is 53.1 Å². The van der Waals surface area contributed by atoms with E-state index in [9.17, 15) is 4.39 Å². The third kappa shape index (κ3) is 3.72. The fraction of sp³-hybridized carbons (Fsp3) is 0.500. The summed E-state index contributed by atoms with van der Waals surface area (Å²) in [6.45, 7) is 7.64. The first-order valence-electron chi connectivity index (χ1n) is 6.22. The van der Waals surface area contributed by atoms with E-state index in [0.717, 1.165) is 25.2 Å². The summed E-state index contributed by atoms with van der Waals surface area (Å²) in [5.74, 6) is -0.0171. The largest absolute Gasteiger partial charge is 0.387 e. The molecule has 0 heterocycles. The molecular formula is C14H22FN3. The lowest BCUT2D eigenvalue weighted by Gasteiger charge is -2.29. The number of benzene rings is 1. The average Bonchev–Trinajstić information content (AvgIpc) is 2.31. The van der Waals surface area contributed by atoms with Gasteiger partial charge in [-0.3, -0.25) is 5.41 Å². The molecule has 0 saturated heterocycles. The van der Waals surface area contributed by atoms with Crippen molar-refractivity contribution in [3.8, 4) is 0 Å². The Bertz CT molecular complexity index is 398. The van der Waals surface area contributed by atoms with Gasteiger partial charge in [0.1, 0.15) is 5.82 Å². The Kier molecular flexibility index (Phi) is 4.70. The SMILES string of the molecule is CCN(CCC(C)(C)C(=N)N)c1ccc(F)cc1. The van der Waals surface area contributed by atoms with Gasteiger partial charge in [0.15, 0.2) is 0 Å². The summed E-state index contributed by atoms with van der Waals surface area (Å²) in [5.41, 5.74) is 6.27. The maximum Gasteiger partial charge on any atom is 0.123 e. The fourth-order valence-electron chi connectivity index (χ4n) is 1.67. The number of anilines is 1. The fourth-order valence-corrected chi connectivity index (χ4v) is 1.67. The maximum absolute atomic E-state index is 12.9. The summed E-state index contributed by atoms with van der Waals surface area (Å²) in [6.07, 6.45) is 0.799. The third-order valence-corrected chi connectivity index (χ3v) is 3.31. The molecule has 1 aromatic rings. The molecule has 0 aliphatic carbocycles. The van der Waals surface area contributed by atoms with Crippen molar-refractivity contribution in [2.24, 2.45) is 11.1 Å². The molecule has 0 unspecified atom stereocenters. The summed E-state index contributed by atoms with van der Waals surface area (Å²) in [7, 11) is 0. The van der Waals surface area contributed by atoms with Crippen molar-refractivity contribution >= 4 is 11.5 Å². The van der Waals surface area contributed by atoms with E-state index in [1.807, 2.05) is 13.8 Å². The first kappa shape index (κ1) is 14.5. The van der Waals surface area contributed by atoms with Gasteiger partial charge in [0.25, 0.3) is 0 Å². The predicted molar refractivity (Wildman–Crippen MR) is 74.6 cm³/mol. The van der Waals surface area contributed by atoms with Crippen LogP contribution in [0.5, 0.6) is 0 Å². The van der Waals surface area contributed by atoms with Gasteiger partial charge in [-0.15, -0.1) is 0 Å². The monoisotopic (exact) mass is 251 g/mol. The molecular weight excluding hydrogens is 229 g/mol. The van der Waals surface area contributed by atoms with E-state index in [2.05, 4.69) is 11.8 Å². The Morgan fingerprint density at radius 1 is 1.33 bits per heavy atom. The number of rotatable bonds is 6. The molecule has 0 spiro atoms. The van der Waals surface area contributed by atoms with E-state index >= 15 is 0 Å². The lowest BCUT2D eigenvalue weighted by molar-refractivity contribution is 0.467. The molecule has 0 atom stereocenters. The van der Waals surface area contributed by atoms with Crippen LogP contribution in [0, 0.1) is 16.6 Å². The molecule has 1 aromatic carbocycles. The lowest BCUT2D eigenvalue weighted by Crippen LogP contribution is -2.35. The van der Waals surface area contributed by atoms with Gasteiger partial charge in [-0.05, 0) is 37.6 Å². The molecule has 0 aliphatic heterocycles. The summed E-state index contributed by atoms with van der Waals surface area (Å²) in [5, 5.41) is 7.54. The van der Waals surface area contributed by atoms with Crippen molar-refractivity contribution in [2.75, 3.05) is 18.0 Å². The predicted octanol–water partition coefficient (Wildman–Crippen LogP) is 3.00.